The molecule has 3 fully saturated rings. The number of rotatable bonds is 4. The molecule has 2 saturated carbocycles. The zero-order valence-corrected chi connectivity index (χ0v) is 12.5. The van der Waals surface area contributed by atoms with Gasteiger partial charge in [0.1, 0.15) is 11.6 Å². The lowest BCUT2D eigenvalue weighted by Crippen LogP contribution is -2.70. The van der Waals surface area contributed by atoms with Crippen LogP contribution in [0.25, 0.3) is 0 Å². The summed E-state index contributed by atoms with van der Waals surface area (Å²) >= 11 is 0. The number of hydrogen-bond donors (Lipinski definition) is 1. The largest absolute Gasteiger partial charge is 0.340 e. The summed E-state index contributed by atoms with van der Waals surface area (Å²) in [7, 11) is 0. The van der Waals surface area contributed by atoms with Gasteiger partial charge in [-0.2, -0.15) is 0 Å². The second-order valence-electron chi connectivity index (χ2n) is 6.89. The van der Waals surface area contributed by atoms with Crippen molar-refractivity contribution >= 4 is 11.8 Å². The Morgan fingerprint density at radius 3 is 2.55 bits per heavy atom. The van der Waals surface area contributed by atoms with Crippen molar-refractivity contribution in [2.45, 2.75) is 76.3 Å². The number of nitrogens with one attached hydrogen (secondary N) is 1. The molecule has 0 aromatic carbocycles. The molecule has 3 aliphatic rings. The molecule has 20 heavy (non-hydrogen) atoms. The van der Waals surface area contributed by atoms with E-state index < -0.39 is 5.54 Å². The summed E-state index contributed by atoms with van der Waals surface area (Å²) in [5, 5.41) is 3.04. The smallest absolute Gasteiger partial charge is 0.248 e. The lowest BCUT2D eigenvalue weighted by molar-refractivity contribution is -0.156. The third kappa shape index (κ3) is 2.57. The van der Waals surface area contributed by atoms with Crippen LogP contribution in [-0.4, -0.2) is 34.8 Å². The Labute approximate surface area is 121 Å². The summed E-state index contributed by atoms with van der Waals surface area (Å²) in [6.07, 6.45) is 9.90. The maximum Gasteiger partial charge on any atom is 0.248 e. The molecule has 4 nitrogen and oxygen atoms in total. The third-order valence-electron chi connectivity index (χ3n) is 5.30. The average Bonchev–Trinajstić information content (AvgIpc) is 3.26. The third-order valence-corrected chi connectivity index (χ3v) is 5.30. The number of carbonyl (C=O) groups is 2. The summed E-state index contributed by atoms with van der Waals surface area (Å²) in [5.74, 6) is 1.11. The molecule has 1 saturated heterocycles. The second kappa shape index (κ2) is 5.38. The van der Waals surface area contributed by atoms with Crippen molar-refractivity contribution in [3.8, 4) is 0 Å². The zero-order valence-electron chi connectivity index (χ0n) is 12.5. The molecule has 1 atom stereocenters. The standard InChI is InChI=1S/C16H26N2O2/c1-12-14(19)17-16(9-3-2-4-10-16)15(20)18(12)11-5-6-13-7-8-13/h12-13H,2-11H2,1H3,(H,17,19). The predicted molar refractivity (Wildman–Crippen MR) is 77.1 cm³/mol. The number of hydrogen-bond acceptors (Lipinski definition) is 2. The fourth-order valence-corrected chi connectivity index (χ4v) is 3.73. The van der Waals surface area contributed by atoms with Gasteiger partial charge in [-0.1, -0.05) is 32.1 Å². The van der Waals surface area contributed by atoms with Crippen LogP contribution in [0.4, 0.5) is 0 Å². The highest BCUT2D eigenvalue weighted by molar-refractivity contribution is 5.99. The fraction of sp³-hybridized carbons (Fsp3) is 0.875. The first kappa shape index (κ1) is 13.9. The van der Waals surface area contributed by atoms with Gasteiger partial charge >= 0.3 is 0 Å². The van der Waals surface area contributed by atoms with Crippen LogP contribution in [0.5, 0.6) is 0 Å². The van der Waals surface area contributed by atoms with Gasteiger partial charge in [0, 0.05) is 6.54 Å². The molecule has 0 aromatic rings. The Hall–Kier alpha value is -1.06. The number of nitrogens with zero attached hydrogens (tertiary/aromatic N) is 1. The SMILES string of the molecule is CC1C(=O)NC2(CCCCC2)C(=O)N1CCCC1CC1. The highest BCUT2D eigenvalue weighted by atomic mass is 16.2. The van der Waals surface area contributed by atoms with Crippen molar-refractivity contribution in [1.82, 2.24) is 10.2 Å². The Morgan fingerprint density at radius 2 is 1.90 bits per heavy atom. The minimum atomic E-state index is -0.568. The van der Waals surface area contributed by atoms with E-state index in [0.717, 1.165) is 44.6 Å². The van der Waals surface area contributed by atoms with Crippen LogP contribution in [0.3, 0.4) is 0 Å². The second-order valence-corrected chi connectivity index (χ2v) is 6.89. The molecule has 0 aromatic heterocycles. The molecular formula is C16H26N2O2. The van der Waals surface area contributed by atoms with E-state index >= 15 is 0 Å². The Kier molecular flexibility index (Phi) is 3.74. The summed E-state index contributed by atoms with van der Waals surface area (Å²) in [5.41, 5.74) is -0.568. The molecule has 2 aliphatic carbocycles. The molecule has 1 spiro atoms. The molecule has 1 heterocycles. The highest BCUT2D eigenvalue weighted by Crippen LogP contribution is 2.35. The van der Waals surface area contributed by atoms with Crippen LogP contribution in [0, 0.1) is 5.92 Å². The van der Waals surface area contributed by atoms with Gasteiger partial charge in [0.05, 0.1) is 0 Å². The van der Waals surface area contributed by atoms with Crippen LogP contribution >= 0.6 is 0 Å². The molecule has 3 rings (SSSR count). The Bertz CT molecular complexity index is 397. The van der Waals surface area contributed by atoms with Gasteiger partial charge in [0.25, 0.3) is 0 Å². The normalized spacial score (nSPS) is 29.6. The molecule has 4 heteroatoms. The lowest BCUT2D eigenvalue weighted by Gasteiger charge is -2.47. The maximum absolute atomic E-state index is 12.9. The van der Waals surface area contributed by atoms with E-state index in [4.69, 9.17) is 0 Å². The van der Waals surface area contributed by atoms with Crippen LogP contribution in [0.15, 0.2) is 0 Å². The average molecular weight is 278 g/mol. The van der Waals surface area contributed by atoms with Crippen LogP contribution in [-0.2, 0) is 9.59 Å². The van der Waals surface area contributed by atoms with E-state index in [9.17, 15) is 9.59 Å². The van der Waals surface area contributed by atoms with Gasteiger partial charge in [0.2, 0.25) is 11.8 Å². The molecule has 1 unspecified atom stereocenters. The summed E-state index contributed by atoms with van der Waals surface area (Å²) in [6.45, 7) is 2.62. The minimum absolute atomic E-state index is 0.0397. The molecule has 0 bridgehead atoms. The van der Waals surface area contributed by atoms with Gasteiger partial charge in [0.15, 0.2) is 0 Å². The van der Waals surface area contributed by atoms with Gasteiger partial charge in [-0.05, 0) is 38.5 Å². The summed E-state index contributed by atoms with van der Waals surface area (Å²) in [6, 6.07) is -0.297. The van der Waals surface area contributed by atoms with Crippen molar-refractivity contribution in [3.05, 3.63) is 0 Å². The first-order chi connectivity index (χ1) is 9.62. The molecule has 1 N–H and O–H groups in total. The Morgan fingerprint density at radius 1 is 1.20 bits per heavy atom. The van der Waals surface area contributed by atoms with Gasteiger partial charge in [-0.25, -0.2) is 0 Å². The summed E-state index contributed by atoms with van der Waals surface area (Å²) < 4.78 is 0. The van der Waals surface area contributed by atoms with Crippen molar-refractivity contribution in [2.24, 2.45) is 5.92 Å². The van der Waals surface area contributed by atoms with E-state index in [1.807, 2.05) is 11.8 Å². The van der Waals surface area contributed by atoms with Crippen LogP contribution in [0.2, 0.25) is 0 Å². The molecule has 2 amide bonds. The van der Waals surface area contributed by atoms with Gasteiger partial charge in [-0.3, -0.25) is 9.59 Å². The highest BCUT2D eigenvalue weighted by Gasteiger charge is 2.49. The van der Waals surface area contributed by atoms with Crippen LogP contribution in [0.1, 0.15) is 64.7 Å². The predicted octanol–water partition coefficient (Wildman–Crippen LogP) is 2.23. The lowest BCUT2D eigenvalue weighted by atomic mass is 9.78. The van der Waals surface area contributed by atoms with Crippen molar-refractivity contribution in [2.75, 3.05) is 6.54 Å². The van der Waals surface area contributed by atoms with E-state index in [1.54, 1.807) is 0 Å². The van der Waals surface area contributed by atoms with Gasteiger partial charge < -0.3 is 10.2 Å². The topological polar surface area (TPSA) is 49.4 Å². The summed E-state index contributed by atoms with van der Waals surface area (Å²) in [4.78, 5) is 26.9. The van der Waals surface area contributed by atoms with Crippen molar-refractivity contribution < 1.29 is 9.59 Å². The van der Waals surface area contributed by atoms with Gasteiger partial charge in [-0.15, -0.1) is 0 Å². The number of carbonyl (C=O) groups excluding carboxylic acids is 2. The number of piperazine rings is 1. The number of amides is 2. The fourth-order valence-electron chi connectivity index (χ4n) is 3.73. The van der Waals surface area contributed by atoms with Crippen molar-refractivity contribution in [3.63, 3.8) is 0 Å². The van der Waals surface area contributed by atoms with E-state index in [2.05, 4.69) is 5.32 Å². The first-order valence-electron chi connectivity index (χ1n) is 8.25. The molecular weight excluding hydrogens is 252 g/mol. The minimum Gasteiger partial charge on any atom is -0.340 e. The van der Waals surface area contributed by atoms with E-state index in [-0.39, 0.29) is 17.9 Å². The molecule has 112 valence electrons. The quantitative estimate of drug-likeness (QED) is 0.857. The van der Waals surface area contributed by atoms with E-state index in [0.29, 0.717) is 0 Å². The molecule has 1 aliphatic heterocycles. The first-order valence-corrected chi connectivity index (χ1v) is 8.25. The molecule has 0 radical (unpaired) electrons. The Balaban J connectivity index is 1.68. The zero-order chi connectivity index (χ0) is 14.2. The maximum atomic E-state index is 12.9. The van der Waals surface area contributed by atoms with Crippen LogP contribution < -0.4 is 5.32 Å². The van der Waals surface area contributed by atoms with E-state index in [1.165, 1.54) is 25.7 Å². The van der Waals surface area contributed by atoms with Crippen molar-refractivity contribution in [1.29, 1.82) is 0 Å². The monoisotopic (exact) mass is 278 g/mol.